The third-order valence-electron chi connectivity index (χ3n) is 4.70. The van der Waals surface area contributed by atoms with Crippen LogP contribution in [0.4, 0.5) is 8.78 Å². The van der Waals surface area contributed by atoms with Crippen LogP contribution in [-0.2, 0) is 13.5 Å². The molecule has 0 radical (unpaired) electrons. The van der Waals surface area contributed by atoms with E-state index in [9.17, 15) is 13.6 Å². The second-order valence-corrected chi connectivity index (χ2v) is 6.33. The van der Waals surface area contributed by atoms with Gasteiger partial charge in [0.15, 0.2) is 0 Å². The standard InChI is InChI=1S/C18H21F2N3O2/c1-10-16(11(2)23(3)22-10)17(24)21-15-6-4-5-12-9-13(25-18(19)20)7-8-14(12)15/h7-9,15,18H,4-6H2,1-3H3,(H,21,24)/t15-/m1/s1. The summed E-state index contributed by atoms with van der Waals surface area (Å²) in [5.41, 5.74) is 3.99. The van der Waals surface area contributed by atoms with Crippen molar-refractivity contribution in [2.24, 2.45) is 7.05 Å². The molecule has 7 heteroatoms. The molecule has 1 aliphatic rings. The lowest BCUT2D eigenvalue weighted by Crippen LogP contribution is -2.31. The smallest absolute Gasteiger partial charge is 0.387 e. The number of nitrogens with zero attached hydrogens (tertiary/aromatic N) is 2. The van der Waals surface area contributed by atoms with Gasteiger partial charge in [-0.15, -0.1) is 0 Å². The fourth-order valence-electron chi connectivity index (χ4n) is 3.45. The third kappa shape index (κ3) is 3.50. The Labute approximate surface area is 145 Å². The maximum Gasteiger partial charge on any atom is 0.387 e. The summed E-state index contributed by atoms with van der Waals surface area (Å²) in [5.74, 6) is -0.00599. The first-order valence-electron chi connectivity index (χ1n) is 8.25. The highest BCUT2D eigenvalue weighted by atomic mass is 19.3. The number of hydrogen-bond donors (Lipinski definition) is 1. The molecule has 0 bridgehead atoms. The zero-order valence-electron chi connectivity index (χ0n) is 14.5. The van der Waals surface area contributed by atoms with Gasteiger partial charge in [-0.25, -0.2) is 0 Å². The topological polar surface area (TPSA) is 56.2 Å². The van der Waals surface area contributed by atoms with Crippen molar-refractivity contribution in [3.63, 3.8) is 0 Å². The Bertz CT molecular complexity index is 802. The van der Waals surface area contributed by atoms with Crippen LogP contribution >= 0.6 is 0 Å². The first-order valence-corrected chi connectivity index (χ1v) is 8.25. The highest BCUT2D eigenvalue weighted by Gasteiger charge is 2.25. The lowest BCUT2D eigenvalue weighted by Gasteiger charge is -2.27. The van der Waals surface area contributed by atoms with E-state index in [1.165, 1.54) is 6.07 Å². The van der Waals surface area contributed by atoms with Gasteiger partial charge < -0.3 is 10.1 Å². The van der Waals surface area contributed by atoms with E-state index in [2.05, 4.69) is 15.2 Å². The van der Waals surface area contributed by atoms with Crippen LogP contribution in [0.2, 0.25) is 0 Å². The van der Waals surface area contributed by atoms with E-state index in [1.54, 1.807) is 23.9 Å². The van der Waals surface area contributed by atoms with Crippen LogP contribution in [-0.4, -0.2) is 22.3 Å². The lowest BCUT2D eigenvalue weighted by molar-refractivity contribution is -0.0499. The summed E-state index contributed by atoms with van der Waals surface area (Å²) in [6.45, 7) is 0.830. The number of alkyl halides is 2. The molecule has 1 N–H and O–H groups in total. The van der Waals surface area contributed by atoms with E-state index in [1.807, 2.05) is 13.8 Å². The van der Waals surface area contributed by atoms with E-state index in [0.29, 0.717) is 11.3 Å². The van der Waals surface area contributed by atoms with Crippen molar-refractivity contribution in [2.45, 2.75) is 45.8 Å². The highest BCUT2D eigenvalue weighted by molar-refractivity contribution is 5.96. The Morgan fingerprint density at radius 3 is 2.80 bits per heavy atom. The summed E-state index contributed by atoms with van der Waals surface area (Å²) in [6.07, 6.45) is 2.47. The van der Waals surface area contributed by atoms with Crippen LogP contribution in [0, 0.1) is 13.8 Å². The van der Waals surface area contributed by atoms with Crippen LogP contribution < -0.4 is 10.1 Å². The Morgan fingerprint density at radius 2 is 2.16 bits per heavy atom. The highest BCUT2D eigenvalue weighted by Crippen LogP contribution is 2.33. The lowest BCUT2D eigenvalue weighted by atomic mass is 9.87. The number of hydrogen-bond acceptors (Lipinski definition) is 3. The van der Waals surface area contributed by atoms with Gasteiger partial charge in [0.1, 0.15) is 5.75 Å². The van der Waals surface area contributed by atoms with Gasteiger partial charge in [-0.3, -0.25) is 9.48 Å². The average molecular weight is 349 g/mol. The fourth-order valence-corrected chi connectivity index (χ4v) is 3.45. The number of ether oxygens (including phenoxy) is 1. The first kappa shape index (κ1) is 17.4. The Morgan fingerprint density at radius 1 is 1.40 bits per heavy atom. The number of carbonyl (C=O) groups is 1. The van der Waals surface area contributed by atoms with Gasteiger partial charge in [0.25, 0.3) is 5.91 Å². The Kier molecular flexibility index (Phi) is 4.74. The van der Waals surface area contributed by atoms with E-state index >= 15 is 0 Å². The van der Waals surface area contributed by atoms with Crippen LogP contribution in [0.15, 0.2) is 18.2 Å². The van der Waals surface area contributed by atoms with Crippen molar-refractivity contribution in [3.8, 4) is 5.75 Å². The molecule has 1 aromatic heterocycles. The van der Waals surface area contributed by atoms with Gasteiger partial charge in [-0.05, 0) is 56.4 Å². The molecule has 0 saturated heterocycles. The fraction of sp³-hybridized carbons (Fsp3) is 0.444. The van der Waals surface area contributed by atoms with Gasteiger partial charge >= 0.3 is 6.61 Å². The SMILES string of the molecule is Cc1nn(C)c(C)c1C(=O)N[C@@H]1CCCc2cc(OC(F)F)ccc21. The summed E-state index contributed by atoms with van der Waals surface area (Å²) < 4.78 is 30.9. The zero-order chi connectivity index (χ0) is 18.1. The minimum absolute atomic E-state index is 0.143. The van der Waals surface area contributed by atoms with E-state index < -0.39 is 6.61 Å². The van der Waals surface area contributed by atoms with Crippen molar-refractivity contribution in [1.29, 1.82) is 0 Å². The predicted molar refractivity (Wildman–Crippen MR) is 88.9 cm³/mol. The third-order valence-corrected chi connectivity index (χ3v) is 4.70. The number of rotatable bonds is 4. The summed E-state index contributed by atoms with van der Waals surface area (Å²) in [7, 11) is 1.81. The van der Waals surface area contributed by atoms with Crippen molar-refractivity contribution in [2.75, 3.05) is 0 Å². The summed E-state index contributed by atoms with van der Waals surface area (Å²) in [5, 5.41) is 7.34. The number of nitrogens with one attached hydrogen (secondary N) is 1. The van der Waals surface area contributed by atoms with E-state index in [-0.39, 0.29) is 17.7 Å². The number of aromatic nitrogens is 2. The minimum atomic E-state index is -2.84. The number of benzene rings is 1. The number of carbonyl (C=O) groups excluding carboxylic acids is 1. The zero-order valence-corrected chi connectivity index (χ0v) is 14.5. The van der Waals surface area contributed by atoms with Crippen LogP contribution in [0.3, 0.4) is 0 Å². The number of fused-ring (bicyclic) bond motifs is 1. The van der Waals surface area contributed by atoms with Crippen LogP contribution in [0.5, 0.6) is 5.75 Å². The molecule has 1 atom stereocenters. The molecule has 1 aromatic carbocycles. The molecule has 0 saturated carbocycles. The average Bonchev–Trinajstić information content (AvgIpc) is 2.79. The molecule has 1 amide bonds. The molecule has 1 heterocycles. The van der Waals surface area contributed by atoms with Crippen molar-refractivity contribution in [1.82, 2.24) is 15.1 Å². The van der Waals surface area contributed by atoms with Gasteiger partial charge in [0.2, 0.25) is 0 Å². The molecule has 2 aromatic rings. The molecule has 0 aliphatic heterocycles. The van der Waals surface area contributed by atoms with Crippen LogP contribution in [0.1, 0.15) is 51.8 Å². The molecule has 25 heavy (non-hydrogen) atoms. The maximum absolute atomic E-state index is 12.7. The Balaban J connectivity index is 1.82. The molecule has 0 fully saturated rings. The maximum atomic E-state index is 12.7. The van der Waals surface area contributed by atoms with Gasteiger partial charge in [-0.1, -0.05) is 6.07 Å². The second kappa shape index (κ2) is 6.82. The molecule has 5 nitrogen and oxygen atoms in total. The predicted octanol–water partition coefficient (Wildman–Crippen LogP) is 3.45. The van der Waals surface area contributed by atoms with Crippen LogP contribution in [0.25, 0.3) is 0 Å². The molecular formula is C18H21F2N3O2. The van der Waals surface area contributed by atoms with Gasteiger partial charge in [0.05, 0.1) is 17.3 Å². The molecule has 134 valence electrons. The quantitative estimate of drug-likeness (QED) is 0.920. The van der Waals surface area contributed by atoms with Crippen molar-refractivity contribution in [3.05, 3.63) is 46.3 Å². The summed E-state index contributed by atoms with van der Waals surface area (Å²) in [6, 6.07) is 4.78. The molecule has 3 rings (SSSR count). The van der Waals surface area contributed by atoms with Crippen molar-refractivity contribution < 1.29 is 18.3 Å². The molecule has 0 spiro atoms. The second-order valence-electron chi connectivity index (χ2n) is 6.33. The normalized spacial score (nSPS) is 16.6. The molecule has 0 unspecified atom stereocenters. The Hall–Kier alpha value is -2.44. The first-order chi connectivity index (χ1) is 11.9. The van der Waals surface area contributed by atoms with E-state index in [0.717, 1.165) is 36.1 Å². The van der Waals surface area contributed by atoms with Gasteiger partial charge in [0, 0.05) is 12.7 Å². The van der Waals surface area contributed by atoms with Crippen molar-refractivity contribution >= 4 is 5.91 Å². The number of halogens is 2. The summed E-state index contributed by atoms with van der Waals surface area (Å²) in [4.78, 5) is 12.7. The number of aryl methyl sites for hydroxylation is 3. The monoisotopic (exact) mass is 349 g/mol. The van der Waals surface area contributed by atoms with E-state index in [4.69, 9.17) is 0 Å². The number of amides is 1. The molecular weight excluding hydrogens is 328 g/mol. The minimum Gasteiger partial charge on any atom is -0.435 e. The molecule has 1 aliphatic carbocycles. The largest absolute Gasteiger partial charge is 0.435 e. The van der Waals surface area contributed by atoms with Gasteiger partial charge in [-0.2, -0.15) is 13.9 Å². The summed E-state index contributed by atoms with van der Waals surface area (Å²) >= 11 is 0.